The van der Waals surface area contributed by atoms with Crippen LogP contribution < -0.4 is 0 Å². The lowest BCUT2D eigenvalue weighted by atomic mass is 10.0. The standard InChI is InChI=1S/C12H19NO3S2/c1-10-3-2-5-13(6-4-10)18(15,16)12-7-11(8-14)9-17-12/h7,9-10,14H,2-6,8H2,1H3. The maximum absolute atomic E-state index is 12.4. The summed E-state index contributed by atoms with van der Waals surface area (Å²) < 4.78 is 26.8. The lowest BCUT2D eigenvalue weighted by molar-refractivity contribution is 0.282. The van der Waals surface area contributed by atoms with Crippen LogP contribution >= 0.6 is 11.3 Å². The average Bonchev–Trinajstić information content (AvgIpc) is 2.72. The van der Waals surface area contributed by atoms with E-state index in [2.05, 4.69) is 6.92 Å². The van der Waals surface area contributed by atoms with Gasteiger partial charge in [-0.1, -0.05) is 6.92 Å². The summed E-state index contributed by atoms with van der Waals surface area (Å²) in [6.45, 7) is 3.28. The van der Waals surface area contributed by atoms with Crippen molar-refractivity contribution in [2.45, 2.75) is 37.0 Å². The summed E-state index contributed by atoms with van der Waals surface area (Å²) >= 11 is 1.19. The van der Waals surface area contributed by atoms with E-state index in [-0.39, 0.29) is 6.61 Å². The number of aliphatic hydroxyl groups excluding tert-OH is 1. The number of hydrogen-bond acceptors (Lipinski definition) is 4. The zero-order chi connectivity index (χ0) is 13.2. The second kappa shape index (κ2) is 5.69. The number of hydrogen-bond donors (Lipinski definition) is 1. The molecule has 1 aliphatic rings. The molecule has 6 heteroatoms. The van der Waals surface area contributed by atoms with Gasteiger partial charge in [-0.25, -0.2) is 8.42 Å². The van der Waals surface area contributed by atoms with Gasteiger partial charge in [0, 0.05) is 13.1 Å². The minimum atomic E-state index is -3.36. The summed E-state index contributed by atoms with van der Waals surface area (Å²) in [7, 11) is -3.36. The number of nitrogens with zero attached hydrogens (tertiary/aromatic N) is 1. The topological polar surface area (TPSA) is 57.6 Å². The summed E-state index contributed by atoms with van der Waals surface area (Å²) in [5, 5.41) is 10.7. The van der Waals surface area contributed by atoms with Crippen molar-refractivity contribution < 1.29 is 13.5 Å². The second-order valence-corrected chi connectivity index (χ2v) is 7.95. The van der Waals surface area contributed by atoms with Crippen LogP contribution in [0.2, 0.25) is 0 Å². The van der Waals surface area contributed by atoms with Crippen LogP contribution in [0, 0.1) is 5.92 Å². The van der Waals surface area contributed by atoms with E-state index >= 15 is 0 Å². The van der Waals surface area contributed by atoms with Crippen molar-refractivity contribution in [3.05, 3.63) is 17.0 Å². The Labute approximate surface area is 112 Å². The molecule has 1 aromatic rings. The van der Waals surface area contributed by atoms with E-state index in [0.717, 1.165) is 19.3 Å². The molecule has 1 N–H and O–H groups in total. The molecule has 0 saturated carbocycles. The van der Waals surface area contributed by atoms with Gasteiger partial charge >= 0.3 is 0 Å². The first-order valence-corrected chi connectivity index (χ1v) is 8.54. The van der Waals surface area contributed by atoms with Gasteiger partial charge in [0.2, 0.25) is 0 Å². The van der Waals surface area contributed by atoms with Crippen molar-refractivity contribution in [2.24, 2.45) is 5.92 Å². The molecule has 0 radical (unpaired) electrons. The van der Waals surface area contributed by atoms with Crippen LogP contribution in [0.1, 0.15) is 31.7 Å². The molecule has 0 aromatic carbocycles. The van der Waals surface area contributed by atoms with Crippen LogP contribution in [0.25, 0.3) is 0 Å². The predicted octanol–water partition coefficient (Wildman–Crippen LogP) is 2.05. The van der Waals surface area contributed by atoms with E-state index in [9.17, 15) is 8.42 Å². The van der Waals surface area contributed by atoms with Gasteiger partial charge in [-0.2, -0.15) is 4.31 Å². The summed E-state index contributed by atoms with van der Waals surface area (Å²) in [5.74, 6) is 0.599. The lowest BCUT2D eigenvalue weighted by Crippen LogP contribution is -2.31. The Morgan fingerprint density at radius 1 is 1.44 bits per heavy atom. The molecule has 1 unspecified atom stereocenters. The van der Waals surface area contributed by atoms with Crippen LogP contribution in [-0.2, 0) is 16.6 Å². The fraction of sp³-hybridized carbons (Fsp3) is 0.667. The van der Waals surface area contributed by atoms with Crippen LogP contribution in [-0.4, -0.2) is 30.9 Å². The Bertz CT molecular complexity index is 495. The van der Waals surface area contributed by atoms with Crippen molar-refractivity contribution >= 4 is 21.4 Å². The quantitative estimate of drug-likeness (QED) is 0.926. The second-order valence-electron chi connectivity index (χ2n) is 4.87. The normalized spacial score (nSPS) is 22.9. The number of sulfonamides is 1. The first kappa shape index (κ1) is 14.0. The summed E-state index contributed by atoms with van der Waals surface area (Å²) in [4.78, 5) is 0. The number of aliphatic hydroxyl groups is 1. The van der Waals surface area contributed by atoms with Gasteiger partial charge in [0.1, 0.15) is 4.21 Å². The summed E-state index contributed by atoms with van der Waals surface area (Å²) in [6.07, 6.45) is 2.95. The summed E-state index contributed by atoms with van der Waals surface area (Å²) in [5.41, 5.74) is 0.668. The van der Waals surface area contributed by atoms with Crippen molar-refractivity contribution in [1.82, 2.24) is 4.31 Å². The Morgan fingerprint density at radius 2 is 2.22 bits per heavy atom. The van der Waals surface area contributed by atoms with Crippen molar-refractivity contribution in [3.63, 3.8) is 0 Å². The molecule has 4 nitrogen and oxygen atoms in total. The van der Waals surface area contributed by atoms with E-state index in [4.69, 9.17) is 5.11 Å². The fourth-order valence-electron chi connectivity index (χ4n) is 2.18. The van der Waals surface area contributed by atoms with Crippen molar-refractivity contribution in [1.29, 1.82) is 0 Å². The Balaban J connectivity index is 2.19. The maximum atomic E-state index is 12.4. The van der Waals surface area contributed by atoms with Gasteiger partial charge in [0.25, 0.3) is 10.0 Å². The van der Waals surface area contributed by atoms with Crippen molar-refractivity contribution in [2.75, 3.05) is 13.1 Å². The zero-order valence-corrected chi connectivity index (χ0v) is 12.1. The minimum Gasteiger partial charge on any atom is -0.392 e. The first-order valence-electron chi connectivity index (χ1n) is 6.22. The van der Waals surface area contributed by atoms with E-state index in [1.807, 2.05) is 0 Å². The molecule has 1 aliphatic heterocycles. The molecule has 18 heavy (non-hydrogen) atoms. The molecule has 0 bridgehead atoms. The average molecular weight is 289 g/mol. The van der Waals surface area contributed by atoms with Gasteiger partial charge in [0.15, 0.2) is 0 Å². The molecule has 1 aromatic heterocycles. The Morgan fingerprint density at radius 3 is 2.89 bits per heavy atom. The smallest absolute Gasteiger partial charge is 0.252 e. The van der Waals surface area contributed by atoms with Gasteiger partial charge < -0.3 is 5.11 Å². The highest BCUT2D eigenvalue weighted by Gasteiger charge is 2.27. The molecule has 2 heterocycles. The molecule has 2 rings (SSSR count). The molecule has 1 saturated heterocycles. The molecule has 0 amide bonds. The maximum Gasteiger partial charge on any atom is 0.252 e. The third-order valence-corrected chi connectivity index (χ3v) is 6.74. The Kier molecular flexibility index (Phi) is 4.42. The van der Waals surface area contributed by atoms with Gasteiger partial charge in [0.05, 0.1) is 6.61 Å². The fourth-order valence-corrected chi connectivity index (χ4v) is 5.02. The van der Waals surface area contributed by atoms with Crippen LogP contribution in [0.4, 0.5) is 0 Å². The minimum absolute atomic E-state index is 0.108. The number of rotatable bonds is 3. The van der Waals surface area contributed by atoms with Crippen LogP contribution in [0.5, 0.6) is 0 Å². The third-order valence-electron chi connectivity index (χ3n) is 3.38. The molecule has 1 fully saturated rings. The molecular formula is C12H19NO3S2. The highest BCUT2D eigenvalue weighted by molar-refractivity contribution is 7.91. The monoisotopic (exact) mass is 289 g/mol. The Hall–Kier alpha value is -0.430. The van der Waals surface area contributed by atoms with Gasteiger partial charge in [-0.15, -0.1) is 11.3 Å². The molecule has 1 atom stereocenters. The zero-order valence-electron chi connectivity index (χ0n) is 10.5. The highest BCUT2D eigenvalue weighted by atomic mass is 32.2. The molecular weight excluding hydrogens is 270 g/mol. The van der Waals surface area contributed by atoms with Gasteiger partial charge in [-0.05, 0) is 42.2 Å². The predicted molar refractivity (Wildman–Crippen MR) is 72.0 cm³/mol. The molecule has 0 aliphatic carbocycles. The van der Waals surface area contributed by atoms with Crippen LogP contribution in [0.15, 0.2) is 15.7 Å². The molecule has 0 spiro atoms. The lowest BCUT2D eigenvalue weighted by Gasteiger charge is -2.18. The highest BCUT2D eigenvalue weighted by Crippen LogP contribution is 2.27. The van der Waals surface area contributed by atoms with E-state index < -0.39 is 10.0 Å². The summed E-state index contributed by atoms with van der Waals surface area (Å²) in [6, 6.07) is 1.58. The van der Waals surface area contributed by atoms with E-state index in [0.29, 0.717) is 28.8 Å². The SMILES string of the molecule is CC1CCCN(S(=O)(=O)c2cc(CO)cs2)CC1. The molecule has 102 valence electrons. The first-order chi connectivity index (χ1) is 8.54. The van der Waals surface area contributed by atoms with E-state index in [1.54, 1.807) is 15.8 Å². The van der Waals surface area contributed by atoms with E-state index in [1.165, 1.54) is 11.3 Å². The largest absolute Gasteiger partial charge is 0.392 e. The van der Waals surface area contributed by atoms with Gasteiger partial charge in [-0.3, -0.25) is 0 Å². The number of thiophene rings is 1. The van der Waals surface area contributed by atoms with Crippen LogP contribution in [0.3, 0.4) is 0 Å². The third kappa shape index (κ3) is 2.93. The van der Waals surface area contributed by atoms with Crippen molar-refractivity contribution in [3.8, 4) is 0 Å².